The zero-order valence-electron chi connectivity index (χ0n) is 22.4. The maximum absolute atomic E-state index is 13.9. The number of carboxylic acid groups (broad SMARTS) is 1. The number of aromatic carboxylic acids is 1. The number of fused-ring (bicyclic) bond motifs is 1. The van der Waals surface area contributed by atoms with E-state index in [9.17, 15) is 19.5 Å². The molecule has 11 heteroatoms. The van der Waals surface area contributed by atoms with E-state index in [2.05, 4.69) is 5.90 Å². The quantitative estimate of drug-likeness (QED) is 0.386. The van der Waals surface area contributed by atoms with E-state index < -0.39 is 5.97 Å². The van der Waals surface area contributed by atoms with Crippen molar-refractivity contribution in [1.29, 1.82) is 0 Å². The molecule has 0 aromatic heterocycles. The highest BCUT2D eigenvalue weighted by molar-refractivity contribution is 5.93. The van der Waals surface area contributed by atoms with E-state index in [1.807, 2.05) is 47.4 Å². The first kappa shape index (κ1) is 27.9. The van der Waals surface area contributed by atoms with Crippen LogP contribution in [0.3, 0.4) is 0 Å². The molecule has 0 radical (unpaired) electrons. The van der Waals surface area contributed by atoms with Gasteiger partial charge in [0.05, 0.1) is 12.1 Å². The molecule has 41 heavy (non-hydrogen) atoms. The number of carbonyl (C=O) groups excluding carboxylic acids is 2. The van der Waals surface area contributed by atoms with Gasteiger partial charge in [-0.15, -0.1) is 0 Å². The highest BCUT2D eigenvalue weighted by Gasteiger charge is 2.36. The summed E-state index contributed by atoms with van der Waals surface area (Å²) in [5, 5.41) is 15.8. The molecule has 3 amide bonds. The molecule has 6 rings (SSSR count). The predicted molar refractivity (Wildman–Crippen MR) is 150 cm³/mol. The van der Waals surface area contributed by atoms with Gasteiger partial charge >= 0.3 is 12.0 Å². The number of piperazine rings is 1. The Balaban J connectivity index is 0.00000165. The minimum atomic E-state index is -0.996. The van der Waals surface area contributed by atoms with Gasteiger partial charge in [-0.3, -0.25) is 9.69 Å². The van der Waals surface area contributed by atoms with Gasteiger partial charge in [0.25, 0.3) is 0 Å². The molecular formula is C30H32N4O7. The number of amides is 3. The van der Waals surface area contributed by atoms with E-state index in [0.29, 0.717) is 43.4 Å². The molecule has 0 bridgehead atoms. The van der Waals surface area contributed by atoms with Crippen LogP contribution in [0.1, 0.15) is 28.8 Å². The summed E-state index contributed by atoms with van der Waals surface area (Å²) in [5.74, 6) is 4.26. The summed E-state index contributed by atoms with van der Waals surface area (Å²) in [6.07, 6.45) is 1.93. The molecule has 0 atom stereocenters. The number of carbonyl (C=O) groups is 3. The maximum Gasteiger partial charge on any atom is 0.335 e. The highest BCUT2D eigenvalue weighted by atomic mass is 16.7. The maximum atomic E-state index is 13.9. The Morgan fingerprint density at radius 2 is 1.49 bits per heavy atom. The standard InChI is InChI=1S/C30H29N3O6.H3NO/c34-28(21-8-9-21)31-12-14-32(15-13-31)30(37)33(18-20-4-6-22(7-5-20)29(35)36)25-3-1-2-23(16-25)24-10-11-26-27(17-24)39-19-38-26;1-2/h1-7,10-11,16-17,21H,8-9,12-15,18-19H2,(H,35,36);2H,1H2. The Labute approximate surface area is 237 Å². The number of hydrogen-bond acceptors (Lipinski definition) is 7. The summed E-state index contributed by atoms with van der Waals surface area (Å²) < 4.78 is 11.0. The molecule has 2 heterocycles. The van der Waals surface area contributed by atoms with Gasteiger partial charge in [0, 0.05) is 37.8 Å². The lowest BCUT2D eigenvalue weighted by Crippen LogP contribution is -2.54. The van der Waals surface area contributed by atoms with Crippen molar-refractivity contribution in [3.8, 4) is 22.6 Å². The van der Waals surface area contributed by atoms with Gasteiger partial charge in [-0.05, 0) is 65.9 Å². The zero-order chi connectivity index (χ0) is 28.9. The first-order valence-corrected chi connectivity index (χ1v) is 13.4. The number of ether oxygens (including phenoxy) is 2. The molecule has 11 nitrogen and oxygen atoms in total. The molecule has 3 aromatic rings. The van der Waals surface area contributed by atoms with Crippen molar-refractivity contribution in [2.45, 2.75) is 19.4 Å². The molecule has 4 N–H and O–H groups in total. The lowest BCUT2D eigenvalue weighted by atomic mass is 10.0. The fraction of sp³-hybridized carbons (Fsp3) is 0.300. The van der Waals surface area contributed by atoms with Crippen LogP contribution in [0, 0.1) is 5.92 Å². The van der Waals surface area contributed by atoms with Crippen LogP contribution in [0.5, 0.6) is 11.5 Å². The van der Waals surface area contributed by atoms with Crippen molar-refractivity contribution >= 4 is 23.6 Å². The number of nitrogens with two attached hydrogens (primary N) is 1. The largest absolute Gasteiger partial charge is 0.478 e. The van der Waals surface area contributed by atoms with Crippen molar-refractivity contribution in [2.24, 2.45) is 11.8 Å². The Morgan fingerprint density at radius 1 is 0.829 bits per heavy atom. The van der Waals surface area contributed by atoms with Crippen molar-refractivity contribution in [1.82, 2.24) is 9.80 Å². The Hall–Kier alpha value is -4.61. The third-order valence-electron chi connectivity index (χ3n) is 7.42. The molecule has 3 aliphatic rings. The van der Waals surface area contributed by atoms with Gasteiger partial charge in [-0.1, -0.05) is 30.3 Å². The van der Waals surface area contributed by atoms with Gasteiger partial charge in [0.2, 0.25) is 12.7 Å². The van der Waals surface area contributed by atoms with Crippen LogP contribution >= 0.6 is 0 Å². The summed E-state index contributed by atoms with van der Waals surface area (Å²) in [6, 6.07) is 19.9. The average Bonchev–Trinajstić information content (AvgIpc) is 3.77. The second-order valence-corrected chi connectivity index (χ2v) is 10.1. The normalized spacial score (nSPS) is 15.6. The van der Waals surface area contributed by atoms with Crippen molar-refractivity contribution in [3.63, 3.8) is 0 Å². The Bertz CT molecular complexity index is 1420. The molecule has 0 unspecified atom stereocenters. The molecular weight excluding hydrogens is 528 g/mol. The van der Waals surface area contributed by atoms with E-state index in [1.165, 1.54) is 0 Å². The SMILES string of the molecule is NO.O=C(O)c1ccc(CN(C(=O)N2CCN(C(=O)C3CC3)CC2)c2cccc(-c3ccc4c(c3)OCO4)c2)cc1. The Morgan fingerprint density at radius 3 is 2.17 bits per heavy atom. The Kier molecular flexibility index (Phi) is 8.37. The van der Waals surface area contributed by atoms with Crippen molar-refractivity contribution in [2.75, 3.05) is 37.9 Å². The lowest BCUT2D eigenvalue weighted by molar-refractivity contribution is -0.133. The number of benzene rings is 3. The van der Waals surface area contributed by atoms with E-state index in [4.69, 9.17) is 14.7 Å². The summed E-state index contributed by atoms with van der Waals surface area (Å²) in [7, 11) is 0. The van der Waals surface area contributed by atoms with Crippen LogP contribution in [0.4, 0.5) is 10.5 Å². The van der Waals surface area contributed by atoms with Gasteiger partial charge in [0.15, 0.2) is 11.5 Å². The number of hydrogen-bond donors (Lipinski definition) is 3. The first-order valence-electron chi connectivity index (χ1n) is 13.4. The van der Waals surface area contributed by atoms with Crippen molar-refractivity contribution < 1.29 is 34.2 Å². The van der Waals surface area contributed by atoms with Crippen LogP contribution in [-0.2, 0) is 11.3 Å². The number of nitrogens with zero attached hydrogens (tertiary/aromatic N) is 3. The van der Waals surface area contributed by atoms with Crippen LogP contribution in [0.15, 0.2) is 66.7 Å². The topological polar surface area (TPSA) is 146 Å². The average molecular weight is 561 g/mol. The molecule has 1 saturated heterocycles. The summed E-state index contributed by atoms with van der Waals surface area (Å²) in [5.41, 5.74) is 3.58. The van der Waals surface area contributed by atoms with Gasteiger partial charge < -0.3 is 29.6 Å². The monoisotopic (exact) mass is 560 g/mol. The molecule has 0 spiro atoms. The number of carboxylic acids is 1. The first-order chi connectivity index (χ1) is 20.0. The minimum absolute atomic E-state index is 0.154. The van der Waals surface area contributed by atoms with Crippen LogP contribution < -0.4 is 20.3 Å². The molecule has 2 fully saturated rings. The molecule has 1 aliphatic carbocycles. The predicted octanol–water partition coefficient (Wildman–Crippen LogP) is 3.80. The summed E-state index contributed by atoms with van der Waals surface area (Å²) >= 11 is 0. The van der Waals surface area contributed by atoms with E-state index in [1.54, 1.807) is 34.1 Å². The van der Waals surface area contributed by atoms with E-state index in [-0.39, 0.29) is 36.8 Å². The van der Waals surface area contributed by atoms with Gasteiger partial charge in [0.1, 0.15) is 0 Å². The van der Waals surface area contributed by atoms with Gasteiger partial charge in [-0.25, -0.2) is 15.5 Å². The number of anilines is 1. The lowest BCUT2D eigenvalue weighted by Gasteiger charge is -2.38. The molecule has 1 saturated carbocycles. The highest BCUT2D eigenvalue weighted by Crippen LogP contribution is 2.37. The van der Waals surface area contributed by atoms with Crippen LogP contribution in [-0.4, -0.2) is 71.0 Å². The second kappa shape index (κ2) is 12.3. The fourth-order valence-corrected chi connectivity index (χ4v) is 5.01. The molecule has 214 valence electrons. The third kappa shape index (κ3) is 6.26. The van der Waals surface area contributed by atoms with Crippen molar-refractivity contribution in [3.05, 3.63) is 77.9 Å². The fourth-order valence-electron chi connectivity index (χ4n) is 5.01. The van der Waals surface area contributed by atoms with Crippen LogP contribution in [0.2, 0.25) is 0 Å². The minimum Gasteiger partial charge on any atom is -0.478 e. The second-order valence-electron chi connectivity index (χ2n) is 10.1. The molecule has 3 aromatic carbocycles. The summed E-state index contributed by atoms with van der Waals surface area (Å²) in [4.78, 5) is 43.1. The molecule has 2 aliphatic heterocycles. The number of rotatable bonds is 6. The number of urea groups is 1. The van der Waals surface area contributed by atoms with Gasteiger partial charge in [-0.2, -0.15) is 0 Å². The van der Waals surface area contributed by atoms with Crippen LogP contribution in [0.25, 0.3) is 11.1 Å². The smallest absolute Gasteiger partial charge is 0.335 e. The van der Waals surface area contributed by atoms with E-state index >= 15 is 0 Å². The summed E-state index contributed by atoms with van der Waals surface area (Å²) in [6.45, 7) is 2.45. The zero-order valence-corrected chi connectivity index (χ0v) is 22.4. The third-order valence-corrected chi connectivity index (χ3v) is 7.42. The van der Waals surface area contributed by atoms with E-state index in [0.717, 1.165) is 29.5 Å².